The van der Waals surface area contributed by atoms with E-state index < -0.39 is 0 Å². The van der Waals surface area contributed by atoms with E-state index in [9.17, 15) is 0 Å². The number of rotatable bonds is 4. The van der Waals surface area contributed by atoms with E-state index in [-0.39, 0.29) is 0 Å². The molecule has 2 aromatic rings. The maximum atomic E-state index is 5.88. The van der Waals surface area contributed by atoms with Crippen LogP contribution in [0.4, 0.5) is 5.69 Å². The Morgan fingerprint density at radius 1 is 1.20 bits per heavy atom. The number of anilines is 1. The number of likely N-dealkylation sites (N-methyl/N-ethyl adjacent to an activating group) is 1. The Hall–Kier alpha value is -1.80. The van der Waals surface area contributed by atoms with Crippen molar-refractivity contribution in [1.82, 2.24) is 4.90 Å². The van der Waals surface area contributed by atoms with E-state index in [1.807, 2.05) is 12.1 Å². The fraction of sp³-hybridized carbons (Fsp3) is 0.333. The molecule has 104 valence electrons. The standard InChI is InChI=1S/C18H22N2/c1-13(14-7-5-8-17(19)11-14)20(2)12-16-10-15-6-3-4-9-18(15)16/h3-9,11,13,16H,10,12,19H2,1-2H3. The summed E-state index contributed by atoms with van der Waals surface area (Å²) in [5.74, 6) is 0.680. The van der Waals surface area contributed by atoms with Crippen LogP contribution in [-0.4, -0.2) is 18.5 Å². The fourth-order valence-electron chi connectivity index (χ4n) is 3.10. The first-order valence-corrected chi connectivity index (χ1v) is 7.28. The van der Waals surface area contributed by atoms with Gasteiger partial charge in [-0.2, -0.15) is 0 Å². The molecule has 0 saturated heterocycles. The molecule has 2 aromatic carbocycles. The molecule has 0 bridgehead atoms. The first-order valence-electron chi connectivity index (χ1n) is 7.28. The predicted octanol–water partition coefficient (Wildman–Crippen LogP) is 3.60. The molecule has 0 fully saturated rings. The Morgan fingerprint density at radius 3 is 2.75 bits per heavy atom. The van der Waals surface area contributed by atoms with E-state index >= 15 is 0 Å². The molecule has 2 atom stereocenters. The third kappa shape index (κ3) is 2.44. The predicted molar refractivity (Wildman–Crippen MR) is 84.8 cm³/mol. The average Bonchev–Trinajstić information content (AvgIpc) is 2.43. The molecule has 20 heavy (non-hydrogen) atoms. The smallest absolute Gasteiger partial charge is 0.0317 e. The molecule has 0 radical (unpaired) electrons. The summed E-state index contributed by atoms with van der Waals surface area (Å²) in [6.45, 7) is 3.35. The fourth-order valence-corrected chi connectivity index (χ4v) is 3.10. The van der Waals surface area contributed by atoms with Gasteiger partial charge in [0.05, 0.1) is 0 Å². The van der Waals surface area contributed by atoms with E-state index in [2.05, 4.69) is 55.3 Å². The Labute approximate surface area is 121 Å². The SMILES string of the molecule is CC(c1cccc(N)c1)N(C)CC1Cc2ccccc21. The van der Waals surface area contributed by atoms with Gasteiger partial charge in [-0.3, -0.25) is 4.90 Å². The molecule has 2 unspecified atom stereocenters. The number of benzene rings is 2. The summed E-state index contributed by atoms with van der Waals surface area (Å²) in [6, 6.07) is 17.4. The summed E-state index contributed by atoms with van der Waals surface area (Å²) in [4.78, 5) is 2.43. The van der Waals surface area contributed by atoms with Gasteiger partial charge in [0.15, 0.2) is 0 Å². The number of hydrogen-bond acceptors (Lipinski definition) is 2. The van der Waals surface area contributed by atoms with Crippen LogP contribution in [0.3, 0.4) is 0 Å². The van der Waals surface area contributed by atoms with E-state index in [1.165, 1.54) is 23.1 Å². The largest absolute Gasteiger partial charge is 0.399 e. The second-order valence-corrected chi connectivity index (χ2v) is 5.89. The van der Waals surface area contributed by atoms with Crippen molar-refractivity contribution in [3.05, 3.63) is 65.2 Å². The van der Waals surface area contributed by atoms with E-state index in [0.717, 1.165) is 12.2 Å². The van der Waals surface area contributed by atoms with Gasteiger partial charge in [-0.15, -0.1) is 0 Å². The van der Waals surface area contributed by atoms with Gasteiger partial charge in [0.25, 0.3) is 0 Å². The zero-order valence-electron chi connectivity index (χ0n) is 12.2. The van der Waals surface area contributed by atoms with Crippen LogP contribution in [-0.2, 0) is 6.42 Å². The summed E-state index contributed by atoms with van der Waals surface area (Å²) in [7, 11) is 2.20. The van der Waals surface area contributed by atoms with Crippen LogP contribution in [0.25, 0.3) is 0 Å². The minimum Gasteiger partial charge on any atom is -0.399 e. The van der Waals surface area contributed by atoms with Crippen LogP contribution in [0.15, 0.2) is 48.5 Å². The van der Waals surface area contributed by atoms with Crippen molar-refractivity contribution in [3.8, 4) is 0 Å². The Kier molecular flexibility index (Phi) is 3.49. The van der Waals surface area contributed by atoms with Crippen LogP contribution in [0, 0.1) is 0 Å². The first kappa shape index (κ1) is 13.2. The van der Waals surface area contributed by atoms with Gasteiger partial charge in [-0.05, 0) is 49.2 Å². The molecule has 3 rings (SSSR count). The maximum absolute atomic E-state index is 5.88. The Bertz CT molecular complexity index is 606. The number of nitrogens with two attached hydrogens (primary N) is 1. The van der Waals surface area contributed by atoms with Crippen molar-refractivity contribution in [1.29, 1.82) is 0 Å². The normalized spacial score (nSPS) is 18.4. The van der Waals surface area contributed by atoms with Crippen molar-refractivity contribution >= 4 is 5.69 Å². The van der Waals surface area contributed by atoms with Gasteiger partial charge in [-0.1, -0.05) is 36.4 Å². The zero-order valence-corrected chi connectivity index (χ0v) is 12.2. The Balaban J connectivity index is 1.67. The summed E-state index contributed by atoms with van der Waals surface area (Å²) in [5, 5.41) is 0. The molecule has 0 spiro atoms. The molecule has 0 amide bonds. The molecule has 2 heteroatoms. The van der Waals surface area contributed by atoms with Crippen molar-refractivity contribution in [2.24, 2.45) is 0 Å². The highest BCUT2D eigenvalue weighted by molar-refractivity contribution is 5.42. The zero-order chi connectivity index (χ0) is 14.1. The van der Waals surface area contributed by atoms with Crippen LogP contribution in [0.1, 0.15) is 35.6 Å². The molecule has 2 N–H and O–H groups in total. The van der Waals surface area contributed by atoms with Crippen molar-refractivity contribution in [2.45, 2.75) is 25.3 Å². The topological polar surface area (TPSA) is 29.3 Å². The van der Waals surface area contributed by atoms with E-state index in [4.69, 9.17) is 5.73 Å². The first-order chi connectivity index (χ1) is 9.65. The second kappa shape index (κ2) is 5.29. The lowest BCUT2D eigenvalue weighted by atomic mass is 9.77. The minimum atomic E-state index is 0.395. The van der Waals surface area contributed by atoms with E-state index in [1.54, 1.807) is 0 Å². The molecule has 0 heterocycles. The molecule has 0 saturated carbocycles. The van der Waals surface area contributed by atoms with Gasteiger partial charge in [0.2, 0.25) is 0 Å². The lowest BCUT2D eigenvalue weighted by Gasteiger charge is -2.36. The summed E-state index contributed by atoms with van der Waals surface area (Å²) < 4.78 is 0. The third-order valence-electron chi connectivity index (χ3n) is 4.52. The molecule has 2 nitrogen and oxygen atoms in total. The van der Waals surface area contributed by atoms with Crippen LogP contribution in [0.5, 0.6) is 0 Å². The third-order valence-corrected chi connectivity index (χ3v) is 4.52. The second-order valence-electron chi connectivity index (χ2n) is 5.89. The van der Waals surface area contributed by atoms with E-state index in [0.29, 0.717) is 12.0 Å². The summed E-state index contributed by atoms with van der Waals surface area (Å²) in [6.07, 6.45) is 1.21. The van der Waals surface area contributed by atoms with Gasteiger partial charge in [0.1, 0.15) is 0 Å². The van der Waals surface area contributed by atoms with Crippen LogP contribution >= 0.6 is 0 Å². The minimum absolute atomic E-state index is 0.395. The van der Waals surface area contributed by atoms with Gasteiger partial charge in [0, 0.05) is 24.2 Å². The average molecular weight is 266 g/mol. The Morgan fingerprint density at radius 2 is 2.00 bits per heavy atom. The molecule has 1 aliphatic rings. The highest BCUT2D eigenvalue weighted by atomic mass is 15.1. The van der Waals surface area contributed by atoms with Gasteiger partial charge < -0.3 is 5.73 Å². The summed E-state index contributed by atoms with van der Waals surface area (Å²) >= 11 is 0. The molecular formula is C18H22N2. The number of nitrogens with zero attached hydrogens (tertiary/aromatic N) is 1. The number of nitrogen functional groups attached to an aromatic ring is 1. The molecule has 0 aliphatic heterocycles. The number of fused-ring (bicyclic) bond motifs is 1. The van der Waals surface area contributed by atoms with Crippen LogP contribution in [0.2, 0.25) is 0 Å². The highest BCUT2D eigenvalue weighted by Gasteiger charge is 2.27. The van der Waals surface area contributed by atoms with Crippen molar-refractivity contribution in [3.63, 3.8) is 0 Å². The van der Waals surface area contributed by atoms with Gasteiger partial charge >= 0.3 is 0 Å². The number of hydrogen-bond donors (Lipinski definition) is 1. The molecular weight excluding hydrogens is 244 g/mol. The highest BCUT2D eigenvalue weighted by Crippen LogP contribution is 2.36. The lowest BCUT2D eigenvalue weighted by molar-refractivity contribution is 0.237. The summed E-state index contributed by atoms with van der Waals surface area (Å²) in [5.41, 5.74) is 11.1. The molecule has 0 aromatic heterocycles. The van der Waals surface area contributed by atoms with Crippen LogP contribution < -0.4 is 5.73 Å². The van der Waals surface area contributed by atoms with Crippen molar-refractivity contribution < 1.29 is 0 Å². The monoisotopic (exact) mass is 266 g/mol. The molecule has 1 aliphatic carbocycles. The maximum Gasteiger partial charge on any atom is 0.0317 e. The lowest BCUT2D eigenvalue weighted by Crippen LogP contribution is -2.32. The van der Waals surface area contributed by atoms with Gasteiger partial charge in [-0.25, -0.2) is 0 Å². The van der Waals surface area contributed by atoms with Crippen molar-refractivity contribution in [2.75, 3.05) is 19.3 Å². The quantitative estimate of drug-likeness (QED) is 0.857.